The van der Waals surface area contributed by atoms with Crippen LogP contribution in [-0.4, -0.2) is 4.92 Å². The van der Waals surface area contributed by atoms with Gasteiger partial charge in [0.1, 0.15) is 5.82 Å². The highest BCUT2D eigenvalue weighted by molar-refractivity contribution is 9.10. The summed E-state index contributed by atoms with van der Waals surface area (Å²) in [5, 5.41) is 11.0. The number of nitrogens with zero attached hydrogens (tertiary/aromatic N) is 1. The maximum atomic E-state index is 13.2. The van der Waals surface area contributed by atoms with Gasteiger partial charge in [0.25, 0.3) is 5.69 Å². The molecule has 0 aromatic heterocycles. The molecule has 2 aromatic carbocycles. The third-order valence-electron chi connectivity index (χ3n) is 2.67. The summed E-state index contributed by atoms with van der Waals surface area (Å²) in [6.45, 7) is 0. The summed E-state index contributed by atoms with van der Waals surface area (Å²) in [5.74, 6) is -0.382. The molecule has 0 amide bonds. The first-order valence-electron chi connectivity index (χ1n) is 5.37. The van der Waals surface area contributed by atoms with Crippen LogP contribution in [0.3, 0.4) is 0 Å². The first-order valence-corrected chi connectivity index (χ1v) is 6.61. The van der Waals surface area contributed by atoms with Crippen LogP contribution in [0.1, 0.15) is 11.1 Å². The number of hydrogen-bond donors (Lipinski definition) is 1. The molecule has 0 aliphatic heterocycles. The molecule has 0 radical (unpaired) electrons. The van der Waals surface area contributed by atoms with E-state index in [4.69, 9.17) is 0 Å². The minimum atomic E-state index is -0.447. The minimum absolute atomic E-state index is 0.00590. The fourth-order valence-electron chi connectivity index (χ4n) is 1.76. The van der Waals surface area contributed by atoms with Gasteiger partial charge in [-0.3, -0.25) is 10.1 Å². The molecule has 2 rings (SSSR count). The Bertz CT molecular complexity index is 649. The van der Waals surface area contributed by atoms with Gasteiger partial charge in [-0.05, 0) is 29.8 Å². The van der Waals surface area contributed by atoms with E-state index in [1.807, 2.05) is 0 Å². The van der Waals surface area contributed by atoms with Gasteiger partial charge < -0.3 is 0 Å². The summed E-state index contributed by atoms with van der Waals surface area (Å²) in [5.41, 5.74) is 1.15. The van der Waals surface area contributed by atoms with E-state index in [9.17, 15) is 14.5 Å². The highest BCUT2D eigenvalue weighted by Gasteiger charge is 2.15. The van der Waals surface area contributed by atoms with Gasteiger partial charge in [-0.2, -0.15) is 0 Å². The lowest BCUT2D eigenvalue weighted by Crippen LogP contribution is -1.98. The van der Waals surface area contributed by atoms with E-state index < -0.39 is 4.92 Å². The van der Waals surface area contributed by atoms with Gasteiger partial charge in [0, 0.05) is 27.4 Å². The number of hydrogen-bond acceptors (Lipinski definition) is 3. The zero-order valence-electron chi connectivity index (χ0n) is 9.64. The Morgan fingerprint density at radius 3 is 2.63 bits per heavy atom. The first-order chi connectivity index (χ1) is 8.97. The molecule has 2 aromatic rings. The highest BCUT2D eigenvalue weighted by atomic mass is 79.9. The van der Waals surface area contributed by atoms with Crippen LogP contribution in [0.5, 0.6) is 0 Å². The summed E-state index contributed by atoms with van der Waals surface area (Å²) >= 11 is 7.43. The van der Waals surface area contributed by atoms with Crippen molar-refractivity contribution in [2.45, 2.75) is 11.3 Å². The van der Waals surface area contributed by atoms with Crippen LogP contribution in [0.15, 0.2) is 45.8 Å². The van der Waals surface area contributed by atoms with Crippen molar-refractivity contribution >= 4 is 34.2 Å². The summed E-state index contributed by atoms with van der Waals surface area (Å²) in [6, 6.07) is 9.00. The number of halogens is 2. The zero-order chi connectivity index (χ0) is 14.0. The van der Waals surface area contributed by atoms with E-state index in [1.54, 1.807) is 18.2 Å². The second kappa shape index (κ2) is 5.71. The highest BCUT2D eigenvalue weighted by Crippen LogP contribution is 2.27. The van der Waals surface area contributed by atoms with Crippen molar-refractivity contribution in [3.8, 4) is 0 Å². The SMILES string of the molecule is O=[N+]([O-])c1cc(Br)ccc1Cc1cc(F)ccc1S. The lowest BCUT2D eigenvalue weighted by molar-refractivity contribution is -0.385. The minimum Gasteiger partial charge on any atom is -0.258 e. The molecule has 3 nitrogen and oxygen atoms in total. The van der Waals surface area contributed by atoms with Crippen LogP contribution in [0.2, 0.25) is 0 Å². The van der Waals surface area contributed by atoms with E-state index in [-0.39, 0.29) is 17.9 Å². The van der Waals surface area contributed by atoms with Crippen molar-refractivity contribution in [3.63, 3.8) is 0 Å². The third-order valence-corrected chi connectivity index (χ3v) is 3.60. The Morgan fingerprint density at radius 2 is 1.95 bits per heavy atom. The standard InChI is InChI=1S/C13H9BrFNO2S/c14-10-2-1-8(12(7-10)16(17)18)5-9-6-11(15)3-4-13(9)19/h1-4,6-7,19H,5H2. The van der Waals surface area contributed by atoms with Crippen molar-refractivity contribution in [2.75, 3.05) is 0 Å². The zero-order valence-corrected chi connectivity index (χ0v) is 12.1. The Hall–Kier alpha value is -1.40. The van der Waals surface area contributed by atoms with Crippen LogP contribution in [0, 0.1) is 15.9 Å². The lowest BCUT2D eigenvalue weighted by atomic mass is 10.0. The summed E-state index contributed by atoms with van der Waals surface area (Å²) in [7, 11) is 0. The molecule has 6 heteroatoms. The second-order valence-electron chi connectivity index (χ2n) is 3.98. The Labute approximate surface area is 123 Å². The van der Waals surface area contributed by atoms with Crippen molar-refractivity contribution in [3.05, 3.63) is 67.9 Å². The van der Waals surface area contributed by atoms with E-state index >= 15 is 0 Å². The first kappa shape index (κ1) is 14.0. The molecule has 0 saturated heterocycles. The molecule has 0 unspecified atom stereocenters. The van der Waals surface area contributed by atoms with Gasteiger partial charge in [0.2, 0.25) is 0 Å². The monoisotopic (exact) mass is 341 g/mol. The normalized spacial score (nSPS) is 10.5. The topological polar surface area (TPSA) is 43.1 Å². The molecule has 0 aliphatic carbocycles. The van der Waals surface area contributed by atoms with E-state index in [0.717, 1.165) is 0 Å². The molecule has 98 valence electrons. The predicted molar refractivity (Wildman–Crippen MR) is 77.3 cm³/mol. The van der Waals surface area contributed by atoms with Crippen LogP contribution >= 0.6 is 28.6 Å². The van der Waals surface area contributed by atoms with Crippen molar-refractivity contribution in [2.24, 2.45) is 0 Å². The molecule has 0 spiro atoms. The van der Waals surface area contributed by atoms with Gasteiger partial charge in [-0.25, -0.2) is 4.39 Å². The van der Waals surface area contributed by atoms with Crippen molar-refractivity contribution in [1.82, 2.24) is 0 Å². The second-order valence-corrected chi connectivity index (χ2v) is 5.38. The van der Waals surface area contributed by atoms with Crippen LogP contribution in [-0.2, 0) is 6.42 Å². The Kier molecular flexibility index (Phi) is 4.21. The molecule has 0 N–H and O–H groups in total. The summed E-state index contributed by atoms with van der Waals surface area (Å²) < 4.78 is 13.8. The average molecular weight is 342 g/mol. The Balaban J connectivity index is 2.43. The van der Waals surface area contributed by atoms with Crippen molar-refractivity contribution in [1.29, 1.82) is 0 Å². The quantitative estimate of drug-likeness (QED) is 0.511. The molecule has 0 saturated carbocycles. The smallest absolute Gasteiger partial charge is 0.258 e. The van der Waals surface area contributed by atoms with Gasteiger partial charge in [-0.15, -0.1) is 12.6 Å². The maximum Gasteiger partial charge on any atom is 0.274 e. The number of thiol groups is 1. The number of nitro groups is 1. The molecule has 19 heavy (non-hydrogen) atoms. The summed E-state index contributed by atoms with van der Waals surface area (Å²) in [6.07, 6.45) is 0.264. The van der Waals surface area contributed by atoms with E-state index in [2.05, 4.69) is 28.6 Å². The molecular weight excluding hydrogens is 333 g/mol. The average Bonchev–Trinajstić information content (AvgIpc) is 2.35. The van der Waals surface area contributed by atoms with E-state index in [0.29, 0.717) is 20.5 Å². The van der Waals surface area contributed by atoms with E-state index in [1.165, 1.54) is 18.2 Å². The van der Waals surface area contributed by atoms with Crippen LogP contribution in [0.4, 0.5) is 10.1 Å². The maximum absolute atomic E-state index is 13.2. The lowest BCUT2D eigenvalue weighted by Gasteiger charge is -2.06. The fraction of sp³-hybridized carbons (Fsp3) is 0.0769. The predicted octanol–water partition coefficient (Wildman–Crippen LogP) is 4.38. The Morgan fingerprint density at radius 1 is 1.21 bits per heavy atom. The van der Waals surface area contributed by atoms with Crippen LogP contribution < -0.4 is 0 Å². The van der Waals surface area contributed by atoms with Crippen molar-refractivity contribution < 1.29 is 9.31 Å². The third kappa shape index (κ3) is 3.33. The largest absolute Gasteiger partial charge is 0.274 e. The molecule has 0 bridgehead atoms. The molecule has 0 atom stereocenters. The molecule has 0 heterocycles. The number of nitro benzene ring substituents is 1. The van der Waals surface area contributed by atoms with Gasteiger partial charge in [-0.1, -0.05) is 22.0 Å². The molecular formula is C13H9BrFNO2S. The number of rotatable bonds is 3. The van der Waals surface area contributed by atoms with Crippen LogP contribution in [0.25, 0.3) is 0 Å². The van der Waals surface area contributed by atoms with Gasteiger partial charge >= 0.3 is 0 Å². The van der Waals surface area contributed by atoms with Gasteiger partial charge in [0.15, 0.2) is 0 Å². The summed E-state index contributed by atoms with van der Waals surface area (Å²) in [4.78, 5) is 11.2. The molecule has 0 fully saturated rings. The molecule has 0 aliphatic rings. The van der Waals surface area contributed by atoms with Gasteiger partial charge in [0.05, 0.1) is 4.92 Å². The fourth-order valence-corrected chi connectivity index (χ4v) is 2.32. The number of benzene rings is 2.